The van der Waals surface area contributed by atoms with Gasteiger partial charge in [0.05, 0.1) is 12.1 Å². The molecular formula is C20H23N5O3. The van der Waals surface area contributed by atoms with Gasteiger partial charge in [0.1, 0.15) is 0 Å². The summed E-state index contributed by atoms with van der Waals surface area (Å²) in [6.07, 6.45) is 4.86. The molecule has 1 unspecified atom stereocenters. The van der Waals surface area contributed by atoms with Crippen molar-refractivity contribution >= 4 is 11.7 Å². The largest absolute Gasteiger partial charge is 0.444 e. The van der Waals surface area contributed by atoms with Gasteiger partial charge in [-0.25, -0.2) is 9.78 Å². The van der Waals surface area contributed by atoms with E-state index in [0.717, 1.165) is 18.4 Å². The summed E-state index contributed by atoms with van der Waals surface area (Å²) in [5.41, 5.74) is 1.57. The van der Waals surface area contributed by atoms with Crippen LogP contribution in [0.4, 0.5) is 10.5 Å². The second-order valence-electron chi connectivity index (χ2n) is 7.31. The molecule has 0 spiro atoms. The summed E-state index contributed by atoms with van der Waals surface area (Å²) >= 11 is 0. The normalized spacial score (nSPS) is 17.1. The summed E-state index contributed by atoms with van der Waals surface area (Å²) in [5, 5.41) is 7.01. The maximum atomic E-state index is 12.8. The predicted octanol–water partition coefficient (Wildman–Crippen LogP) is 4.26. The van der Waals surface area contributed by atoms with Crippen LogP contribution in [0, 0.1) is 0 Å². The van der Waals surface area contributed by atoms with E-state index in [1.54, 1.807) is 11.1 Å². The molecule has 3 heterocycles. The van der Waals surface area contributed by atoms with Crippen LogP contribution < -0.4 is 5.32 Å². The lowest BCUT2D eigenvalue weighted by molar-refractivity contribution is 0.184. The second-order valence-corrected chi connectivity index (χ2v) is 7.31. The van der Waals surface area contributed by atoms with Gasteiger partial charge in [-0.2, -0.15) is 4.98 Å². The molecule has 146 valence electrons. The SMILES string of the molecule is CC(C)c1noc(C2CCCN(C(=O)Nc3cccc(-c4cnco4)c3)C2)n1. The lowest BCUT2D eigenvalue weighted by Gasteiger charge is -2.31. The van der Waals surface area contributed by atoms with Crippen molar-refractivity contribution in [2.75, 3.05) is 18.4 Å². The first-order valence-corrected chi connectivity index (χ1v) is 9.48. The molecule has 8 heteroatoms. The molecule has 1 aliphatic rings. The van der Waals surface area contributed by atoms with Crippen LogP contribution in [-0.4, -0.2) is 39.1 Å². The van der Waals surface area contributed by atoms with Crippen LogP contribution in [0.15, 0.2) is 45.8 Å². The zero-order valence-corrected chi connectivity index (χ0v) is 16.0. The molecule has 1 N–H and O–H groups in total. The molecule has 0 bridgehead atoms. The lowest BCUT2D eigenvalue weighted by atomic mass is 9.98. The zero-order valence-electron chi connectivity index (χ0n) is 16.0. The third-order valence-electron chi connectivity index (χ3n) is 4.86. The Balaban J connectivity index is 1.42. The number of hydrogen-bond acceptors (Lipinski definition) is 6. The van der Waals surface area contributed by atoms with Crippen LogP contribution in [0.5, 0.6) is 0 Å². The molecule has 2 aromatic heterocycles. The molecule has 1 fully saturated rings. The van der Waals surface area contributed by atoms with Gasteiger partial charge in [-0.1, -0.05) is 31.1 Å². The van der Waals surface area contributed by atoms with Crippen LogP contribution in [0.1, 0.15) is 50.2 Å². The zero-order chi connectivity index (χ0) is 19.5. The predicted molar refractivity (Wildman–Crippen MR) is 103 cm³/mol. The fraction of sp³-hybridized carbons (Fsp3) is 0.400. The van der Waals surface area contributed by atoms with Crippen molar-refractivity contribution in [3.63, 3.8) is 0 Å². The van der Waals surface area contributed by atoms with Crippen molar-refractivity contribution in [2.24, 2.45) is 0 Å². The van der Waals surface area contributed by atoms with Gasteiger partial charge < -0.3 is 19.2 Å². The van der Waals surface area contributed by atoms with E-state index in [9.17, 15) is 4.79 Å². The molecule has 1 atom stereocenters. The molecule has 1 aromatic carbocycles. The summed E-state index contributed by atoms with van der Waals surface area (Å²) in [6.45, 7) is 5.33. The van der Waals surface area contributed by atoms with Crippen molar-refractivity contribution in [1.29, 1.82) is 0 Å². The van der Waals surface area contributed by atoms with Crippen molar-refractivity contribution in [3.05, 3.63) is 48.6 Å². The van der Waals surface area contributed by atoms with Gasteiger partial charge >= 0.3 is 6.03 Å². The topological polar surface area (TPSA) is 97.3 Å². The highest BCUT2D eigenvalue weighted by atomic mass is 16.5. The Kier molecular flexibility index (Phi) is 5.10. The van der Waals surface area contributed by atoms with E-state index in [1.165, 1.54) is 6.39 Å². The van der Waals surface area contributed by atoms with E-state index < -0.39 is 0 Å². The molecule has 1 aliphatic heterocycles. The van der Waals surface area contributed by atoms with E-state index in [4.69, 9.17) is 8.94 Å². The minimum Gasteiger partial charge on any atom is -0.444 e. The second kappa shape index (κ2) is 7.84. The third-order valence-corrected chi connectivity index (χ3v) is 4.86. The number of piperidine rings is 1. The van der Waals surface area contributed by atoms with E-state index in [2.05, 4.69) is 20.4 Å². The fourth-order valence-corrected chi connectivity index (χ4v) is 3.32. The number of carbonyl (C=O) groups is 1. The molecular weight excluding hydrogens is 358 g/mol. The first-order valence-electron chi connectivity index (χ1n) is 9.48. The van der Waals surface area contributed by atoms with Gasteiger partial charge in [0.2, 0.25) is 5.89 Å². The van der Waals surface area contributed by atoms with Crippen LogP contribution >= 0.6 is 0 Å². The highest BCUT2D eigenvalue weighted by Gasteiger charge is 2.29. The average molecular weight is 381 g/mol. The van der Waals surface area contributed by atoms with Crippen LogP contribution in [-0.2, 0) is 0 Å². The summed E-state index contributed by atoms with van der Waals surface area (Å²) < 4.78 is 10.8. The number of urea groups is 1. The Hall–Kier alpha value is -3.16. The van der Waals surface area contributed by atoms with Gasteiger partial charge in [-0.3, -0.25) is 0 Å². The summed E-state index contributed by atoms with van der Waals surface area (Å²) in [7, 11) is 0. The number of rotatable bonds is 4. The van der Waals surface area contributed by atoms with Gasteiger partial charge in [0, 0.05) is 30.3 Å². The number of amides is 2. The van der Waals surface area contributed by atoms with Crippen molar-refractivity contribution in [3.8, 4) is 11.3 Å². The molecule has 8 nitrogen and oxygen atoms in total. The van der Waals surface area contributed by atoms with Crippen molar-refractivity contribution in [1.82, 2.24) is 20.0 Å². The van der Waals surface area contributed by atoms with Crippen LogP contribution in [0.2, 0.25) is 0 Å². The number of anilines is 1. The average Bonchev–Trinajstić information content (AvgIpc) is 3.40. The first-order chi connectivity index (χ1) is 13.6. The van der Waals surface area contributed by atoms with Crippen molar-refractivity contribution < 1.29 is 13.7 Å². The van der Waals surface area contributed by atoms with E-state index in [1.807, 2.05) is 38.1 Å². The van der Waals surface area contributed by atoms with Gasteiger partial charge in [-0.05, 0) is 25.0 Å². The highest BCUT2D eigenvalue weighted by molar-refractivity contribution is 5.90. The number of nitrogens with zero attached hydrogens (tertiary/aromatic N) is 4. The first kappa shape index (κ1) is 18.2. The van der Waals surface area contributed by atoms with Crippen LogP contribution in [0.25, 0.3) is 11.3 Å². The Morgan fingerprint density at radius 3 is 3.00 bits per heavy atom. The molecule has 28 heavy (non-hydrogen) atoms. The number of nitrogens with one attached hydrogen (secondary N) is 1. The Labute approximate surface area is 162 Å². The summed E-state index contributed by atoms with van der Waals surface area (Å²) in [6, 6.07) is 7.37. The van der Waals surface area contributed by atoms with Crippen molar-refractivity contribution in [2.45, 2.75) is 38.5 Å². The lowest BCUT2D eigenvalue weighted by Crippen LogP contribution is -2.41. The number of oxazole rings is 1. The van der Waals surface area contributed by atoms with Gasteiger partial charge in [-0.15, -0.1) is 0 Å². The summed E-state index contributed by atoms with van der Waals surface area (Å²) in [4.78, 5) is 23.0. The Morgan fingerprint density at radius 1 is 1.36 bits per heavy atom. The van der Waals surface area contributed by atoms with Gasteiger partial charge in [0.15, 0.2) is 18.0 Å². The standard InChI is InChI=1S/C20H23N5O3/c1-13(2)18-23-19(28-24-18)15-6-4-8-25(11-15)20(26)22-16-7-3-5-14(9-16)17-10-21-12-27-17/h3,5,7,9-10,12-13,15H,4,6,8,11H2,1-2H3,(H,22,26). The number of aromatic nitrogens is 3. The quantitative estimate of drug-likeness (QED) is 0.725. The monoisotopic (exact) mass is 381 g/mol. The smallest absolute Gasteiger partial charge is 0.321 e. The van der Waals surface area contributed by atoms with E-state index >= 15 is 0 Å². The molecule has 2 amide bonds. The van der Waals surface area contributed by atoms with Gasteiger partial charge in [0.25, 0.3) is 0 Å². The van der Waals surface area contributed by atoms with Crippen LogP contribution in [0.3, 0.4) is 0 Å². The molecule has 1 saturated heterocycles. The number of hydrogen-bond donors (Lipinski definition) is 1. The van der Waals surface area contributed by atoms with E-state index in [-0.39, 0.29) is 17.9 Å². The van der Waals surface area contributed by atoms with E-state index in [0.29, 0.717) is 36.3 Å². The summed E-state index contributed by atoms with van der Waals surface area (Å²) in [5.74, 6) is 2.28. The molecule has 3 aromatic rings. The maximum Gasteiger partial charge on any atom is 0.321 e. The number of likely N-dealkylation sites (tertiary alicyclic amines) is 1. The minimum absolute atomic E-state index is 0.0695. The minimum atomic E-state index is -0.136. The highest BCUT2D eigenvalue weighted by Crippen LogP contribution is 2.28. The maximum absolute atomic E-state index is 12.8. The fourth-order valence-electron chi connectivity index (χ4n) is 3.32. The molecule has 0 aliphatic carbocycles. The molecule has 4 rings (SSSR count). The number of carbonyl (C=O) groups excluding carboxylic acids is 1. The number of benzene rings is 1. The molecule has 0 radical (unpaired) electrons. The Morgan fingerprint density at radius 2 is 2.25 bits per heavy atom. The third kappa shape index (κ3) is 3.90. The molecule has 0 saturated carbocycles. The Bertz CT molecular complexity index is 935.